The van der Waals surface area contributed by atoms with Crippen molar-refractivity contribution < 1.29 is 9.47 Å². The van der Waals surface area contributed by atoms with Crippen LogP contribution in [0.5, 0.6) is 5.75 Å². The SMILES string of the molecule is C=CCC1(COc2cc(Cl)cc(Cl)c2Cl)CO1. The smallest absolute Gasteiger partial charge is 0.141 e. The fourth-order valence-electron chi connectivity index (χ4n) is 1.47. The highest BCUT2D eigenvalue weighted by Gasteiger charge is 2.44. The zero-order chi connectivity index (χ0) is 12.5. The number of rotatable bonds is 5. The molecule has 0 radical (unpaired) electrons. The lowest BCUT2D eigenvalue weighted by molar-refractivity contribution is 0.190. The van der Waals surface area contributed by atoms with E-state index >= 15 is 0 Å². The van der Waals surface area contributed by atoms with Gasteiger partial charge in [-0.15, -0.1) is 6.58 Å². The summed E-state index contributed by atoms with van der Waals surface area (Å²) in [5.74, 6) is 0.475. The predicted molar refractivity (Wildman–Crippen MR) is 70.5 cm³/mol. The Hall–Kier alpha value is -0.410. The number of halogens is 3. The van der Waals surface area contributed by atoms with E-state index < -0.39 is 0 Å². The minimum atomic E-state index is -0.250. The third-order valence-electron chi connectivity index (χ3n) is 2.52. The molecule has 5 heteroatoms. The van der Waals surface area contributed by atoms with Crippen LogP contribution in [-0.2, 0) is 4.74 Å². The van der Waals surface area contributed by atoms with Crippen LogP contribution >= 0.6 is 34.8 Å². The Morgan fingerprint density at radius 1 is 1.41 bits per heavy atom. The first-order chi connectivity index (χ1) is 8.06. The van der Waals surface area contributed by atoms with Crippen LogP contribution in [0.1, 0.15) is 6.42 Å². The van der Waals surface area contributed by atoms with Crippen molar-refractivity contribution in [2.45, 2.75) is 12.0 Å². The molecular formula is C12H11Cl3O2. The Kier molecular flexibility index (Phi) is 3.88. The second-order valence-electron chi connectivity index (χ2n) is 3.95. The Labute approximate surface area is 115 Å². The molecule has 0 bridgehead atoms. The molecular weight excluding hydrogens is 282 g/mol. The van der Waals surface area contributed by atoms with Crippen molar-refractivity contribution in [3.05, 3.63) is 39.9 Å². The molecule has 0 N–H and O–H groups in total. The zero-order valence-corrected chi connectivity index (χ0v) is 11.3. The van der Waals surface area contributed by atoms with Gasteiger partial charge in [-0.1, -0.05) is 40.9 Å². The fourth-order valence-corrected chi connectivity index (χ4v) is 2.11. The molecule has 1 saturated heterocycles. The van der Waals surface area contributed by atoms with E-state index in [9.17, 15) is 0 Å². The van der Waals surface area contributed by atoms with E-state index in [2.05, 4.69) is 6.58 Å². The normalized spacial score (nSPS) is 22.3. The largest absolute Gasteiger partial charge is 0.489 e. The standard InChI is InChI=1S/C12H11Cl3O2/c1-2-3-12(7-17-12)6-16-10-5-8(13)4-9(14)11(10)15/h2,4-5H,1,3,6-7H2. The average molecular weight is 294 g/mol. The summed E-state index contributed by atoms with van der Waals surface area (Å²) in [5.41, 5.74) is -0.250. The van der Waals surface area contributed by atoms with Gasteiger partial charge in [0.2, 0.25) is 0 Å². The molecule has 2 nitrogen and oxygen atoms in total. The van der Waals surface area contributed by atoms with E-state index in [4.69, 9.17) is 44.3 Å². The molecule has 1 aromatic carbocycles. The number of epoxide rings is 1. The van der Waals surface area contributed by atoms with E-state index in [0.29, 0.717) is 34.0 Å². The van der Waals surface area contributed by atoms with Crippen LogP contribution in [0.4, 0.5) is 0 Å². The van der Waals surface area contributed by atoms with E-state index in [1.807, 2.05) is 6.08 Å². The van der Waals surface area contributed by atoms with Crippen LogP contribution in [0.2, 0.25) is 15.1 Å². The van der Waals surface area contributed by atoms with E-state index in [1.54, 1.807) is 12.1 Å². The van der Waals surface area contributed by atoms with Gasteiger partial charge in [0.1, 0.15) is 23.0 Å². The summed E-state index contributed by atoms with van der Waals surface area (Å²) in [6.07, 6.45) is 2.56. The van der Waals surface area contributed by atoms with Gasteiger partial charge in [-0.3, -0.25) is 0 Å². The molecule has 2 rings (SSSR count). The molecule has 1 unspecified atom stereocenters. The van der Waals surface area contributed by atoms with Crippen molar-refractivity contribution in [3.8, 4) is 5.75 Å². The summed E-state index contributed by atoms with van der Waals surface area (Å²) >= 11 is 17.8. The Morgan fingerprint density at radius 3 is 2.71 bits per heavy atom. The lowest BCUT2D eigenvalue weighted by Gasteiger charge is -2.13. The van der Waals surface area contributed by atoms with Crippen molar-refractivity contribution in [1.82, 2.24) is 0 Å². The highest BCUT2D eigenvalue weighted by Crippen LogP contribution is 2.37. The van der Waals surface area contributed by atoms with Gasteiger partial charge >= 0.3 is 0 Å². The summed E-state index contributed by atoms with van der Waals surface area (Å²) in [4.78, 5) is 0. The molecule has 0 amide bonds. The van der Waals surface area contributed by atoms with Crippen molar-refractivity contribution in [3.63, 3.8) is 0 Å². The summed E-state index contributed by atoms with van der Waals surface area (Å²) in [7, 11) is 0. The Morgan fingerprint density at radius 2 is 2.12 bits per heavy atom. The van der Waals surface area contributed by atoms with E-state index in [0.717, 1.165) is 6.42 Å². The molecule has 0 saturated carbocycles. The number of benzene rings is 1. The summed E-state index contributed by atoms with van der Waals surface area (Å²) in [5, 5.41) is 1.23. The van der Waals surface area contributed by atoms with Crippen LogP contribution < -0.4 is 4.74 Å². The van der Waals surface area contributed by atoms with Gasteiger partial charge in [0.15, 0.2) is 0 Å². The predicted octanol–water partition coefficient (Wildman–Crippen LogP) is 4.37. The summed E-state index contributed by atoms with van der Waals surface area (Å²) in [6, 6.07) is 3.21. The van der Waals surface area contributed by atoms with Gasteiger partial charge in [-0.05, 0) is 12.5 Å². The average Bonchev–Trinajstić information content (AvgIpc) is 3.02. The van der Waals surface area contributed by atoms with E-state index in [1.165, 1.54) is 0 Å². The second-order valence-corrected chi connectivity index (χ2v) is 5.17. The van der Waals surface area contributed by atoms with Crippen molar-refractivity contribution in [2.24, 2.45) is 0 Å². The monoisotopic (exact) mass is 292 g/mol. The number of ether oxygens (including phenoxy) is 2. The van der Waals surface area contributed by atoms with Crippen LogP contribution in [-0.4, -0.2) is 18.8 Å². The maximum atomic E-state index is 6.01. The Balaban J connectivity index is 2.06. The van der Waals surface area contributed by atoms with Gasteiger partial charge in [0, 0.05) is 11.1 Å². The molecule has 1 heterocycles. The van der Waals surface area contributed by atoms with Crippen LogP contribution in [0.25, 0.3) is 0 Å². The summed E-state index contributed by atoms with van der Waals surface area (Å²) < 4.78 is 11.0. The first-order valence-corrected chi connectivity index (χ1v) is 6.22. The lowest BCUT2D eigenvalue weighted by atomic mass is 10.1. The van der Waals surface area contributed by atoms with Gasteiger partial charge in [-0.25, -0.2) is 0 Å². The van der Waals surface area contributed by atoms with Crippen molar-refractivity contribution >= 4 is 34.8 Å². The van der Waals surface area contributed by atoms with Crippen LogP contribution in [0.15, 0.2) is 24.8 Å². The minimum Gasteiger partial charge on any atom is -0.489 e. The van der Waals surface area contributed by atoms with Gasteiger partial charge in [0.05, 0.1) is 11.6 Å². The number of hydrogen-bond acceptors (Lipinski definition) is 2. The first kappa shape index (κ1) is 13.0. The quantitative estimate of drug-likeness (QED) is 0.457. The maximum Gasteiger partial charge on any atom is 0.141 e. The van der Waals surface area contributed by atoms with Gasteiger partial charge in [-0.2, -0.15) is 0 Å². The third-order valence-corrected chi connectivity index (χ3v) is 3.52. The highest BCUT2D eigenvalue weighted by atomic mass is 35.5. The molecule has 0 spiro atoms. The van der Waals surface area contributed by atoms with E-state index in [-0.39, 0.29) is 5.60 Å². The Bertz CT molecular complexity index is 442. The first-order valence-electron chi connectivity index (χ1n) is 5.08. The van der Waals surface area contributed by atoms with Crippen molar-refractivity contribution in [2.75, 3.05) is 13.2 Å². The van der Waals surface area contributed by atoms with Gasteiger partial charge < -0.3 is 9.47 Å². The minimum absolute atomic E-state index is 0.250. The topological polar surface area (TPSA) is 21.8 Å². The molecule has 1 fully saturated rings. The third kappa shape index (κ3) is 3.08. The number of hydrogen-bond donors (Lipinski definition) is 0. The molecule has 1 aliphatic rings. The van der Waals surface area contributed by atoms with Crippen LogP contribution in [0, 0.1) is 0 Å². The molecule has 1 aliphatic heterocycles. The lowest BCUT2D eigenvalue weighted by Crippen LogP contribution is -2.20. The van der Waals surface area contributed by atoms with Crippen LogP contribution in [0.3, 0.4) is 0 Å². The molecule has 92 valence electrons. The molecule has 1 atom stereocenters. The highest BCUT2D eigenvalue weighted by molar-refractivity contribution is 6.44. The van der Waals surface area contributed by atoms with Gasteiger partial charge in [0.25, 0.3) is 0 Å². The summed E-state index contributed by atoms with van der Waals surface area (Å²) in [6.45, 7) is 4.77. The second kappa shape index (κ2) is 5.07. The fraction of sp³-hybridized carbons (Fsp3) is 0.333. The molecule has 17 heavy (non-hydrogen) atoms. The molecule has 0 aliphatic carbocycles. The molecule has 1 aromatic rings. The molecule has 0 aromatic heterocycles. The maximum absolute atomic E-state index is 6.01. The van der Waals surface area contributed by atoms with Crippen molar-refractivity contribution in [1.29, 1.82) is 0 Å². The zero-order valence-electron chi connectivity index (χ0n) is 9.01.